The Morgan fingerprint density at radius 3 is 2.45 bits per heavy atom. The first-order valence-corrected chi connectivity index (χ1v) is 14.3. The fraction of sp³-hybridized carbons (Fsp3) is 0.344. The van der Waals surface area contributed by atoms with Gasteiger partial charge in [0.05, 0.1) is 25.4 Å². The van der Waals surface area contributed by atoms with Gasteiger partial charge in [-0.1, -0.05) is 29.8 Å². The van der Waals surface area contributed by atoms with Crippen LogP contribution < -0.4 is 10.2 Å². The summed E-state index contributed by atoms with van der Waals surface area (Å²) in [6.45, 7) is 4.56. The van der Waals surface area contributed by atoms with Gasteiger partial charge in [0.2, 0.25) is 0 Å². The highest BCUT2D eigenvalue weighted by molar-refractivity contribution is 6.30. The topological polar surface area (TPSA) is 97.4 Å². The number of benzene rings is 3. The van der Waals surface area contributed by atoms with E-state index >= 15 is 0 Å². The first-order chi connectivity index (χ1) is 20.3. The number of ether oxygens (including phenoxy) is 3. The Bertz CT molecular complexity index is 1440. The second kappa shape index (κ2) is 13.5. The number of halogens is 1. The highest BCUT2D eigenvalue weighted by Crippen LogP contribution is 2.40. The minimum atomic E-state index is -0.596. The fourth-order valence-electron chi connectivity index (χ4n) is 5.32. The van der Waals surface area contributed by atoms with Crippen molar-refractivity contribution >= 4 is 40.8 Å². The quantitative estimate of drug-likeness (QED) is 0.376. The molecule has 0 spiro atoms. The lowest BCUT2D eigenvalue weighted by molar-refractivity contribution is -0.152. The number of esters is 1. The smallest absolute Gasteiger partial charge is 0.320 e. The van der Waals surface area contributed by atoms with E-state index in [0.29, 0.717) is 72.2 Å². The third-order valence-corrected chi connectivity index (χ3v) is 7.80. The molecule has 0 aliphatic carbocycles. The van der Waals surface area contributed by atoms with Gasteiger partial charge in [-0.15, -0.1) is 0 Å². The van der Waals surface area contributed by atoms with Gasteiger partial charge in [-0.25, -0.2) is 0 Å². The summed E-state index contributed by atoms with van der Waals surface area (Å²) in [6.07, 6.45) is -0.300. The van der Waals surface area contributed by atoms with Crippen LogP contribution >= 0.6 is 11.6 Å². The number of nitrogens with zero attached hydrogens (tertiary/aromatic N) is 2. The van der Waals surface area contributed by atoms with Gasteiger partial charge in [-0.2, -0.15) is 0 Å². The normalized spacial score (nSPS) is 19.0. The summed E-state index contributed by atoms with van der Waals surface area (Å²) in [5.74, 6) is -0.855. The number of carbonyl (C=O) groups is 3. The lowest BCUT2D eigenvalue weighted by Crippen LogP contribution is -2.41. The molecule has 42 heavy (non-hydrogen) atoms. The zero-order chi connectivity index (χ0) is 29.6. The van der Waals surface area contributed by atoms with E-state index in [1.807, 2.05) is 30.0 Å². The molecule has 1 N–H and O–H groups in total. The molecule has 220 valence electrons. The van der Waals surface area contributed by atoms with Crippen LogP contribution in [0.3, 0.4) is 0 Å². The van der Waals surface area contributed by atoms with Gasteiger partial charge in [0.25, 0.3) is 11.8 Å². The Hall–Kier alpha value is -3.76. The summed E-state index contributed by atoms with van der Waals surface area (Å²) in [6, 6.07) is 19.3. The van der Waals surface area contributed by atoms with Crippen molar-refractivity contribution in [2.75, 3.05) is 50.2 Å². The van der Waals surface area contributed by atoms with Crippen LogP contribution in [0, 0.1) is 6.92 Å². The fourth-order valence-corrected chi connectivity index (χ4v) is 5.50. The molecule has 1 fully saturated rings. The Morgan fingerprint density at radius 2 is 1.74 bits per heavy atom. The number of fused-ring (bicyclic) bond motifs is 1. The van der Waals surface area contributed by atoms with Gasteiger partial charge in [0.1, 0.15) is 12.3 Å². The summed E-state index contributed by atoms with van der Waals surface area (Å²) in [5.41, 5.74) is 3.65. The van der Waals surface area contributed by atoms with Crippen LogP contribution in [0.2, 0.25) is 5.02 Å². The molecule has 1 saturated heterocycles. The molecule has 2 amide bonds. The van der Waals surface area contributed by atoms with Crippen molar-refractivity contribution in [2.45, 2.75) is 32.1 Å². The van der Waals surface area contributed by atoms with E-state index in [4.69, 9.17) is 25.8 Å². The van der Waals surface area contributed by atoms with Crippen molar-refractivity contribution in [1.82, 2.24) is 4.90 Å². The minimum Gasteiger partial charge on any atom is -0.456 e. The van der Waals surface area contributed by atoms with E-state index in [2.05, 4.69) is 5.32 Å². The van der Waals surface area contributed by atoms with E-state index in [1.54, 1.807) is 60.5 Å². The van der Waals surface area contributed by atoms with Crippen molar-refractivity contribution in [3.63, 3.8) is 0 Å². The van der Waals surface area contributed by atoms with Crippen molar-refractivity contribution in [1.29, 1.82) is 0 Å². The van der Waals surface area contributed by atoms with Crippen LogP contribution in [0.15, 0.2) is 66.7 Å². The number of methoxy groups -OCH3 is 1. The number of hydrogen-bond acceptors (Lipinski definition) is 7. The first kappa shape index (κ1) is 29.7. The maximum Gasteiger partial charge on any atom is 0.320 e. The molecule has 2 aliphatic rings. The highest BCUT2D eigenvalue weighted by Gasteiger charge is 2.35. The molecule has 2 aliphatic heterocycles. The van der Waals surface area contributed by atoms with Gasteiger partial charge in [0.15, 0.2) is 0 Å². The number of carbonyl (C=O) groups excluding carboxylic acids is 3. The minimum absolute atomic E-state index is 0.166. The third-order valence-electron chi connectivity index (χ3n) is 7.56. The second-order valence-corrected chi connectivity index (χ2v) is 10.8. The molecule has 2 atom stereocenters. The third kappa shape index (κ3) is 6.82. The Balaban J connectivity index is 1.36. The summed E-state index contributed by atoms with van der Waals surface area (Å²) in [7, 11) is 1.55. The van der Waals surface area contributed by atoms with E-state index in [1.165, 1.54) is 0 Å². The van der Waals surface area contributed by atoms with Gasteiger partial charge in [-0.3, -0.25) is 24.2 Å². The van der Waals surface area contributed by atoms with E-state index in [0.717, 1.165) is 5.56 Å². The number of anilines is 2. The Labute approximate surface area is 250 Å². The molecule has 5 rings (SSSR count). The second-order valence-electron chi connectivity index (χ2n) is 10.4. The highest BCUT2D eigenvalue weighted by atomic mass is 35.5. The van der Waals surface area contributed by atoms with Crippen molar-refractivity contribution < 1.29 is 28.6 Å². The van der Waals surface area contributed by atoms with Crippen LogP contribution in [0.4, 0.5) is 11.4 Å². The van der Waals surface area contributed by atoms with Crippen molar-refractivity contribution in [3.05, 3.63) is 94.0 Å². The van der Waals surface area contributed by atoms with Gasteiger partial charge >= 0.3 is 5.97 Å². The van der Waals surface area contributed by atoms with Gasteiger partial charge < -0.3 is 19.5 Å². The number of aryl methyl sites for hydroxylation is 1. The van der Waals surface area contributed by atoms with Crippen molar-refractivity contribution in [2.24, 2.45) is 0 Å². The lowest BCUT2D eigenvalue weighted by atomic mass is 10.0. The summed E-state index contributed by atoms with van der Waals surface area (Å²) in [5, 5.41) is 3.36. The maximum absolute atomic E-state index is 14.0. The molecular formula is C32H34ClN3O6. The SMILES string of the molecule is COC1CCC(OC(=O)CN2CCOCC2)c2cc(Cl)ccc2N1C(=O)c1ccc(NC(=O)c2ccccc2C)cc1. The number of morpholine rings is 1. The van der Waals surface area contributed by atoms with E-state index < -0.39 is 12.3 Å². The zero-order valence-electron chi connectivity index (χ0n) is 23.7. The van der Waals surface area contributed by atoms with Crippen molar-refractivity contribution in [3.8, 4) is 0 Å². The molecule has 3 aromatic carbocycles. The monoisotopic (exact) mass is 591 g/mol. The standard InChI is InChI=1S/C32H34ClN3O6/c1-21-5-3-4-6-25(21)31(38)34-24-10-7-22(8-11-24)32(39)36-27-12-9-23(33)19-26(27)28(13-14-29(36)40-2)42-30(37)20-35-15-17-41-18-16-35/h3-12,19,28-29H,13-18,20H2,1-2H3,(H,34,38). The van der Waals surface area contributed by atoms with Crippen LogP contribution in [0.25, 0.3) is 0 Å². The molecule has 10 heteroatoms. The predicted molar refractivity (Wildman–Crippen MR) is 160 cm³/mol. The molecule has 0 radical (unpaired) electrons. The Kier molecular flexibility index (Phi) is 9.54. The number of amides is 2. The zero-order valence-corrected chi connectivity index (χ0v) is 24.4. The van der Waals surface area contributed by atoms with E-state index in [-0.39, 0.29) is 24.3 Å². The number of hydrogen-bond donors (Lipinski definition) is 1. The van der Waals surface area contributed by atoms with Crippen LogP contribution in [-0.4, -0.2) is 68.9 Å². The maximum atomic E-state index is 14.0. The number of nitrogens with one attached hydrogen (secondary N) is 1. The predicted octanol–water partition coefficient (Wildman–Crippen LogP) is 5.23. The molecule has 0 aromatic heterocycles. The summed E-state index contributed by atoms with van der Waals surface area (Å²) < 4.78 is 17.1. The average Bonchev–Trinajstić information content (AvgIpc) is 3.14. The van der Waals surface area contributed by atoms with Crippen LogP contribution in [-0.2, 0) is 19.0 Å². The number of rotatable bonds is 7. The molecule has 2 heterocycles. The van der Waals surface area contributed by atoms with E-state index in [9.17, 15) is 14.4 Å². The molecule has 2 unspecified atom stereocenters. The van der Waals surface area contributed by atoms with Crippen LogP contribution in [0.5, 0.6) is 0 Å². The van der Waals surface area contributed by atoms with Gasteiger partial charge in [0, 0.05) is 47.6 Å². The molecule has 3 aromatic rings. The summed E-state index contributed by atoms with van der Waals surface area (Å²) in [4.78, 5) is 43.2. The molecular weight excluding hydrogens is 558 g/mol. The van der Waals surface area contributed by atoms with Crippen LogP contribution in [0.1, 0.15) is 50.8 Å². The summed E-state index contributed by atoms with van der Waals surface area (Å²) >= 11 is 6.38. The first-order valence-electron chi connectivity index (χ1n) is 14.0. The average molecular weight is 592 g/mol. The lowest BCUT2D eigenvalue weighted by Gasteiger charge is -2.30. The molecule has 0 bridgehead atoms. The Morgan fingerprint density at radius 1 is 1.00 bits per heavy atom. The molecule has 0 saturated carbocycles. The molecule has 9 nitrogen and oxygen atoms in total. The largest absolute Gasteiger partial charge is 0.456 e. The van der Waals surface area contributed by atoms with Gasteiger partial charge in [-0.05, 0) is 73.9 Å².